The Labute approximate surface area is 164 Å². The summed E-state index contributed by atoms with van der Waals surface area (Å²) >= 11 is 4.84. The molecule has 6 heteroatoms. The zero-order valence-electron chi connectivity index (χ0n) is 13.6. The Hall–Kier alpha value is -2.80. The summed E-state index contributed by atoms with van der Waals surface area (Å²) in [4.78, 5) is 4.32. The van der Waals surface area contributed by atoms with Crippen LogP contribution in [0.3, 0.4) is 0 Å². The van der Waals surface area contributed by atoms with Gasteiger partial charge < -0.3 is 5.73 Å². The first-order chi connectivity index (χ1) is 12.6. The normalized spacial score (nSPS) is 10.1. The fraction of sp³-hybridized carbons (Fsp3) is 0.0500. The number of halogens is 1. The average molecular weight is 421 g/mol. The fourth-order valence-electron chi connectivity index (χ4n) is 2.53. The maximum atomic E-state index is 9.76. The van der Waals surface area contributed by atoms with Gasteiger partial charge in [-0.15, -0.1) is 11.8 Å². The zero-order valence-corrected chi connectivity index (χ0v) is 16.0. The maximum absolute atomic E-state index is 9.76. The molecule has 0 amide bonds. The van der Waals surface area contributed by atoms with Gasteiger partial charge in [0.2, 0.25) is 0 Å². The molecule has 0 saturated heterocycles. The molecule has 0 bridgehead atoms. The van der Waals surface area contributed by atoms with Crippen molar-refractivity contribution in [2.75, 3.05) is 5.73 Å². The van der Waals surface area contributed by atoms with E-state index in [4.69, 9.17) is 5.73 Å². The topological polar surface area (TPSA) is 86.5 Å². The number of hydrogen-bond acceptors (Lipinski definition) is 5. The smallest absolute Gasteiger partial charge is 0.143 e. The molecule has 0 spiro atoms. The molecule has 1 aromatic heterocycles. The number of nitriles is 2. The number of benzene rings is 2. The Balaban J connectivity index is 2.10. The number of nitrogen functional groups attached to an aromatic ring is 1. The van der Waals surface area contributed by atoms with E-state index in [-0.39, 0.29) is 11.4 Å². The summed E-state index contributed by atoms with van der Waals surface area (Å²) in [6.45, 7) is 0. The third kappa shape index (κ3) is 3.72. The molecule has 0 aliphatic carbocycles. The van der Waals surface area contributed by atoms with Gasteiger partial charge >= 0.3 is 0 Å². The summed E-state index contributed by atoms with van der Waals surface area (Å²) in [5, 5.41) is 19.8. The van der Waals surface area contributed by atoms with E-state index < -0.39 is 0 Å². The highest BCUT2D eigenvalue weighted by Crippen LogP contribution is 2.36. The van der Waals surface area contributed by atoms with Gasteiger partial charge in [-0.1, -0.05) is 58.4 Å². The molecule has 0 radical (unpaired) electrons. The molecule has 2 aromatic carbocycles. The molecule has 0 unspecified atom stereocenters. The van der Waals surface area contributed by atoms with Gasteiger partial charge in [0.15, 0.2) is 0 Å². The summed E-state index contributed by atoms with van der Waals surface area (Å²) in [5.74, 6) is 0.799. The molecule has 3 rings (SSSR count). The van der Waals surface area contributed by atoms with Crippen molar-refractivity contribution in [1.29, 1.82) is 10.5 Å². The highest BCUT2D eigenvalue weighted by atomic mass is 79.9. The van der Waals surface area contributed by atoms with Crippen molar-refractivity contribution in [3.8, 4) is 23.3 Å². The second-order valence-electron chi connectivity index (χ2n) is 5.43. The second-order valence-corrected chi connectivity index (χ2v) is 7.31. The van der Waals surface area contributed by atoms with Crippen LogP contribution in [0, 0.1) is 22.7 Å². The number of nitrogens with two attached hydrogens (primary N) is 1. The average Bonchev–Trinajstić information content (AvgIpc) is 2.67. The Kier molecular flexibility index (Phi) is 5.58. The minimum absolute atomic E-state index is 0.139. The van der Waals surface area contributed by atoms with E-state index in [2.05, 4.69) is 33.1 Å². The minimum atomic E-state index is 0.139. The highest BCUT2D eigenvalue weighted by molar-refractivity contribution is 9.10. The summed E-state index contributed by atoms with van der Waals surface area (Å²) in [5.41, 5.74) is 9.05. The van der Waals surface area contributed by atoms with E-state index in [1.165, 1.54) is 11.8 Å². The lowest BCUT2D eigenvalue weighted by Gasteiger charge is -2.13. The fourth-order valence-corrected chi connectivity index (χ4v) is 3.75. The molecule has 0 aliphatic rings. The number of thioether (sulfide) groups is 1. The molecule has 0 atom stereocenters. The van der Waals surface area contributed by atoms with Crippen LogP contribution in [0.2, 0.25) is 0 Å². The van der Waals surface area contributed by atoms with Crippen LogP contribution in [0.1, 0.15) is 16.7 Å². The summed E-state index contributed by atoms with van der Waals surface area (Å²) in [6.07, 6.45) is 0. The van der Waals surface area contributed by atoms with E-state index >= 15 is 0 Å². The first-order valence-electron chi connectivity index (χ1n) is 7.70. The van der Waals surface area contributed by atoms with Crippen LogP contribution in [0.15, 0.2) is 64.1 Å². The third-order valence-electron chi connectivity index (χ3n) is 3.77. The molecule has 1 heterocycles. The van der Waals surface area contributed by atoms with Gasteiger partial charge in [-0.25, -0.2) is 4.98 Å². The lowest BCUT2D eigenvalue weighted by molar-refractivity contribution is 1.11. The van der Waals surface area contributed by atoms with E-state index in [1.54, 1.807) is 0 Å². The van der Waals surface area contributed by atoms with E-state index in [0.717, 1.165) is 15.6 Å². The Morgan fingerprint density at radius 3 is 2.23 bits per heavy atom. The van der Waals surface area contributed by atoms with E-state index in [9.17, 15) is 10.5 Å². The quantitative estimate of drug-likeness (QED) is 0.591. The van der Waals surface area contributed by atoms with Crippen molar-refractivity contribution >= 4 is 33.5 Å². The first kappa shape index (κ1) is 18.0. The number of rotatable bonds is 4. The highest BCUT2D eigenvalue weighted by Gasteiger charge is 2.20. The molecule has 0 fully saturated rings. The van der Waals surface area contributed by atoms with Gasteiger partial charge in [0, 0.05) is 15.8 Å². The van der Waals surface area contributed by atoms with Gasteiger partial charge in [0.1, 0.15) is 28.5 Å². The zero-order chi connectivity index (χ0) is 18.5. The van der Waals surface area contributed by atoms with Crippen molar-refractivity contribution in [3.05, 3.63) is 75.8 Å². The Morgan fingerprint density at radius 2 is 1.62 bits per heavy atom. The SMILES string of the molecule is N#Cc1c(N)nc(SCc2ccccc2)c(C#N)c1-c1ccc(Br)cc1. The van der Waals surface area contributed by atoms with Crippen molar-refractivity contribution in [2.45, 2.75) is 10.8 Å². The predicted octanol–water partition coefficient (Wildman–Crippen LogP) is 5.13. The monoisotopic (exact) mass is 420 g/mol. The predicted molar refractivity (Wildman–Crippen MR) is 107 cm³/mol. The molecule has 3 aromatic rings. The van der Waals surface area contributed by atoms with Crippen molar-refractivity contribution in [2.24, 2.45) is 0 Å². The van der Waals surface area contributed by atoms with Gasteiger partial charge in [-0.3, -0.25) is 0 Å². The number of nitrogens with zero attached hydrogens (tertiary/aromatic N) is 3. The van der Waals surface area contributed by atoms with Crippen LogP contribution in [0.25, 0.3) is 11.1 Å². The first-order valence-corrected chi connectivity index (χ1v) is 9.48. The number of pyridine rings is 1. The molecule has 0 aliphatic heterocycles. The molecule has 4 nitrogen and oxygen atoms in total. The van der Waals surface area contributed by atoms with Crippen LogP contribution in [-0.2, 0) is 5.75 Å². The summed E-state index contributed by atoms with van der Waals surface area (Å²) in [7, 11) is 0. The van der Waals surface area contributed by atoms with Crippen LogP contribution in [-0.4, -0.2) is 4.98 Å². The van der Waals surface area contributed by atoms with Crippen molar-refractivity contribution in [1.82, 2.24) is 4.98 Å². The van der Waals surface area contributed by atoms with E-state index in [1.807, 2.05) is 54.6 Å². The maximum Gasteiger partial charge on any atom is 0.143 e. The molecule has 2 N–H and O–H groups in total. The lowest BCUT2D eigenvalue weighted by atomic mass is 9.97. The van der Waals surface area contributed by atoms with Crippen molar-refractivity contribution in [3.63, 3.8) is 0 Å². The van der Waals surface area contributed by atoms with Crippen molar-refractivity contribution < 1.29 is 0 Å². The van der Waals surface area contributed by atoms with Gasteiger partial charge in [0.05, 0.1) is 5.56 Å². The summed E-state index contributed by atoms with van der Waals surface area (Å²) < 4.78 is 0.916. The second kappa shape index (κ2) is 8.05. The molecular formula is C20H13BrN4S. The number of aromatic nitrogens is 1. The van der Waals surface area contributed by atoms with Gasteiger partial charge in [0.25, 0.3) is 0 Å². The molecular weight excluding hydrogens is 408 g/mol. The third-order valence-corrected chi connectivity index (χ3v) is 5.34. The van der Waals surface area contributed by atoms with Crippen LogP contribution in [0.5, 0.6) is 0 Å². The van der Waals surface area contributed by atoms with Gasteiger partial charge in [-0.2, -0.15) is 10.5 Å². The van der Waals surface area contributed by atoms with Crippen LogP contribution in [0.4, 0.5) is 5.82 Å². The molecule has 26 heavy (non-hydrogen) atoms. The van der Waals surface area contributed by atoms with Crippen LogP contribution < -0.4 is 5.73 Å². The molecule has 0 saturated carbocycles. The summed E-state index contributed by atoms with van der Waals surface area (Å²) in [6, 6.07) is 21.7. The minimum Gasteiger partial charge on any atom is -0.383 e. The van der Waals surface area contributed by atoms with E-state index in [0.29, 0.717) is 21.9 Å². The molecule has 126 valence electrons. The van der Waals surface area contributed by atoms with Gasteiger partial charge in [-0.05, 0) is 23.3 Å². The standard InChI is InChI=1S/C20H13BrN4S/c21-15-8-6-14(7-9-15)18-16(10-22)19(24)25-20(17(18)11-23)26-12-13-4-2-1-3-5-13/h1-9H,12H2,(H2,24,25). The number of anilines is 1. The lowest BCUT2D eigenvalue weighted by Crippen LogP contribution is -2.03. The number of hydrogen-bond donors (Lipinski definition) is 1. The van der Waals surface area contributed by atoms with Crippen LogP contribution >= 0.6 is 27.7 Å². The Bertz CT molecular complexity index is 1020. The largest absolute Gasteiger partial charge is 0.383 e. The Morgan fingerprint density at radius 1 is 0.962 bits per heavy atom.